The summed E-state index contributed by atoms with van der Waals surface area (Å²) in [5.41, 5.74) is -0.579. The molecular formula is C13H11F2NO. The first-order chi connectivity index (χ1) is 8.18. The minimum absolute atomic E-state index is 0.0458. The summed E-state index contributed by atoms with van der Waals surface area (Å²) in [6.07, 6.45) is 2.38. The van der Waals surface area contributed by atoms with Gasteiger partial charge in [-0.2, -0.15) is 5.26 Å². The normalized spacial score (nSPS) is 20.1. The lowest BCUT2D eigenvalue weighted by Crippen LogP contribution is -2.34. The average Bonchev–Trinajstić information content (AvgIpc) is 2.69. The Kier molecular flexibility index (Phi) is 2.12. The van der Waals surface area contributed by atoms with Crippen molar-refractivity contribution in [3.8, 4) is 11.8 Å². The van der Waals surface area contributed by atoms with E-state index in [1.807, 2.05) is 0 Å². The van der Waals surface area contributed by atoms with Crippen molar-refractivity contribution in [2.75, 3.05) is 6.61 Å². The lowest BCUT2D eigenvalue weighted by Gasteiger charge is -2.36. The first kappa shape index (κ1) is 10.5. The summed E-state index contributed by atoms with van der Waals surface area (Å²) in [4.78, 5) is 0. The Balaban J connectivity index is 2.21. The Bertz CT molecular complexity index is 529. The quantitative estimate of drug-likeness (QED) is 0.749. The molecule has 0 unspecified atom stereocenters. The van der Waals surface area contributed by atoms with Crippen LogP contribution in [0.25, 0.3) is 0 Å². The zero-order valence-corrected chi connectivity index (χ0v) is 9.22. The molecule has 0 amide bonds. The summed E-state index contributed by atoms with van der Waals surface area (Å²) in [5.74, 6) is -0.931. The highest BCUT2D eigenvalue weighted by atomic mass is 19.1. The van der Waals surface area contributed by atoms with Crippen molar-refractivity contribution in [2.45, 2.75) is 31.1 Å². The molecule has 1 aromatic rings. The fraction of sp³-hybridized carbons (Fsp3) is 0.462. The molecule has 1 aliphatic carbocycles. The third kappa shape index (κ3) is 1.28. The van der Waals surface area contributed by atoms with Gasteiger partial charge in [0.2, 0.25) is 0 Å². The maximum absolute atomic E-state index is 14.3. The highest BCUT2D eigenvalue weighted by Crippen LogP contribution is 2.47. The molecular weight excluding hydrogens is 224 g/mol. The second-order valence-electron chi connectivity index (χ2n) is 4.67. The summed E-state index contributed by atoms with van der Waals surface area (Å²) in [7, 11) is 0. The number of rotatable bonds is 1. The third-order valence-electron chi connectivity index (χ3n) is 3.79. The fourth-order valence-corrected chi connectivity index (χ4v) is 2.65. The van der Waals surface area contributed by atoms with E-state index in [0.29, 0.717) is 31.4 Å². The van der Waals surface area contributed by atoms with Gasteiger partial charge in [-0.15, -0.1) is 0 Å². The van der Waals surface area contributed by atoms with Crippen molar-refractivity contribution >= 4 is 0 Å². The summed E-state index contributed by atoms with van der Waals surface area (Å²) < 4.78 is 33.4. The lowest BCUT2D eigenvalue weighted by molar-refractivity contribution is 0.299. The highest BCUT2D eigenvalue weighted by molar-refractivity contribution is 5.48. The van der Waals surface area contributed by atoms with Crippen LogP contribution in [0.2, 0.25) is 0 Å². The van der Waals surface area contributed by atoms with Crippen molar-refractivity contribution < 1.29 is 13.5 Å². The van der Waals surface area contributed by atoms with Crippen LogP contribution in [0.4, 0.5) is 8.78 Å². The SMILES string of the molecule is N#CC1(c2c(F)cc3c(c2F)CCO3)CCC1. The molecule has 4 heteroatoms. The Hall–Kier alpha value is -1.63. The van der Waals surface area contributed by atoms with E-state index in [0.717, 1.165) is 6.42 Å². The molecule has 0 N–H and O–H groups in total. The second-order valence-corrected chi connectivity index (χ2v) is 4.67. The van der Waals surface area contributed by atoms with Crippen molar-refractivity contribution in [1.82, 2.24) is 0 Å². The van der Waals surface area contributed by atoms with E-state index in [1.165, 1.54) is 6.07 Å². The molecule has 1 aromatic carbocycles. The standard InChI is InChI=1S/C13H11F2NO/c14-9-6-10-8(2-5-17-10)12(15)11(9)13(7-16)3-1-4-13/h6H,1-5H2. The number of ether oxygens (including phenoxy) is 1. The average molecular weight is 235 g/mol. The van der Waals surface area contributed by atoms with Gasteiger partial charge in [0.1, 0.15) is 17.4 Å². The largest absolute Gasteiger partial charge is 0.493 e. The third-order valence-corrected chi connectivity index (χ3v) is 3.79. The molecule has 0 saturated heterocycles. The van der Waals surface area contributed by atoms with Gasteiger partial charge in [0.05, 0.1) is 18.1 Å². The van der Waals surface area contributed by atoms with Crippen molar-refractivity contribution in [3.63, 3.8) is 0 Å². The molecule has 3 rings (SSSR count). The molecule has 0 atom stereocenters. The van der Waals surface area contributed by atoms with Gasteiger partial charge in [0, 0.05) is 23.6 Å². The Morgan fingerprint density at radius 1 is 1.35 bits per heavy atom. The van der Waals surface area contributed by atoms with Crippen molar-refractivity contribution in [3.05, 3.63) is 28.8 Å². The van der Waals surface area contributed by atoms with Gasteiger partial charge in [-0.1, -0.05) is 0 Å². The summed E-state index contributed by atoms with van der Waals surface area (Å²) in [5, 5.41) is 9.17. The minimum Gasteiger partial charge on any atom is -0.493 e. The molecule has 1 fully saturated rings. The molecule has 0 aromatic heterocycles. The van der Waals surface area contributed by atoms with Crippen LogP contribution < -0.4 is 4.74 Å². The predicted molar refractivity (Wildman–Crippen MR) is 56.7 cm³/mol. The molecule has 0 radical (unpaired) electrons. The van der Waals surface area contributed by atoms with E-state index in [1.54, 1.807) is 0 Å². The molecule has 2 nitrogen and oxygen atoms in total. The van der Waals surface area contributed by atoms with Crippen LogP contribution in [0.3, 0.4) is 0 Å². The molecule has 88 valence electrons. The first-order valence-electron chi connectivity index (χ1n) is 5.73. The number of nitrogens with zero attached hydrogens (tertiary/aromatic N) is 1. The number of hydrogen-bond donors (Lipinski definition) is 0. The molecule has 0 bridgehead atoms. The van der Waals surface area contributed by atoms with Gasteiger partial charge in [0.25, 0.3) is 0 Å². The van der Waals surface area contributed by atoms with Crippen LogP contribution in [0.1, 0.15) is 30.4 Å². The van der Waals surface area contributed by atoms with E-state index in [4.69, 9.17) is 4.74 Å². The molecule has 1 aliphatic heterocycles. The molecule has 0 spiro atoms. The zero-order chi connectivity index (χ0) is 12.0. The number of nitriles is 1. The first-order valence-corrected chi connectivity index (χ1v) is 5.73. The molecule has 1 heterocycles. The Labute approximate surface area is 97.8 Å². The van der Waals surface area contributed by atoms with Gasteiger partial charge < -0.3 is 4.74 Å². The van der Waals surface area contributed by atoms with E-state index in [-0.39, 0.29) is 11.3 Å². The van der Waals surface area contributed by atoms with Crippen molar-refractivity contribution in [1.29, 1.82) is 5.26 Å². The van der Waals surface area contributed by atoms with Crippen LogP contribution in [0.5, 0.6) is 5.75 Å². The number of hydrogen-bond acceptors (Lipinski definition) is 2. The minimum atomic E-state index is -0.953. The van der Waals surface area contributed by atoms with Crippen LogP contribution >= 0.6 is 0 Å². The Morgan fingerprint density at radius 3 is 2.71 bits per heavy atom. The van der Waals surface area contributed by atoms with Crippen LogP contribution in [-0.2, 0) is 11.8 Å². The zero-order valence-electron chi connectivity index (χ0n) is 9.22. The van der Waals surface area contributed by atoms with Crippen LogP contribution in [-0.4, -0.2) is 6.61 Å². The van der Waals surface area contributed by atoms with Gasteiger partial charge in [-0.05, 0) is 19.3 Å². The maximum Gasteiger partial charge on any atom is 0.137 e. The number of fused-ring (bicyclic) bond motifs is 1. The summed E-state index contributed by atoms with van der Waals surface area (Å²) in [6.45, 7) is 0.384. The van der Waals surface area contributed by atoms with Crippen molar-refractivity contribution in [2.24, 2.45) is 0 Å². The van der Waals surface area contributed by atoms with Crippen LogP contribution in [0.15, 0.2) is 6.07 Å². The van der Waals surface area contributed by atoms with E-state index in [9.17, 15) is 14.0 Å². The van der Waals surface area contributed by atoms with Gasteiger partial charge in [0.15, 0.2) is 0 Å². The Morgan fingerprint density at radius 2 is 2.12 bits per heavy atom. The van der Waals surface area contributed by atoms with Crippen LogP contribution in [0, 0.1) is 23.0 Å². The lowest BCUT2D eigenvalue weighted by atomic mass is 9.65. The maximum atomic E-state index is 14.3. The van der Waals surface area contributed by atoms with E-state index < -0.39 is 17.0 Å². The second kappa shape index (κ2) is 3.43. The monoisotopic (exact) mass is 235 g/mol. The number of halogens is 2. The molecule has 1 saturated carbocycles. The predicted octanol–water partition coefficient (Wildman–Crippen LogP) is 2.84. The van der Waals surface area contributed by atoms with E-state index >= 15 is 0 Å². The smallest absolute Gasteiger partial charge is 0.137 e. The molecule has 2 aliphatic rings. The van der Waals surface area contributed by atoms with E-state index in [2.05, 4.69) is 6.07 Å². The van der Waals surface area contributed by atoms with Gasteiger partial charge in [-0.3, -0.25) is 0 Å². The number of benzene rings is 1. The highest BCUT2D eigenvalue weighted by Gasteiger charge is 2.44. The summed E-state index contributed by atoms with van der Waals surface area (Å²) in [6, 6.07) is 3.30. The van der Waals surface area contributed by atoms with Gasteiger partial charge >= 0.3 is 0 Å². The summed E-state index contributed by atoms with van der Waals surface area (Å²) >= 11 is 0. The molecule has 17 heavy (non-hydrogen) atoms. The topological polar surface area (TPSA) is 33.0 Å². The fourth-order valence-electron chi connectivity index (χ4n) is 2.65. The van der Waals surface area contributed by atoms with Gasteiger partial charge in [-0.25, -0.2) is 8.78 Å².